The van der Waals surface area contributed by atoms with E-state index in [1.165, 1.54) is 27.1 Å². The lowest BCUT2D eigenvalue weighted by Gasteiger charge is -2.33. The molecule has 32 heavy (non-hydrogen) atoms. The summed E-state index contributed by atoms with van der Waals surface area (Å²) in [5.74, 6) is 0.901. The Morgan fingerprint density at radius 3 is 2.12 bits per heavy atom. The highest BCUT2D eigenvalue weighted by atomic mass is 16.5. The van der Waals surface area contributed by atoms with Gasteiger partial charge in [0.2, 0.25) is 0 Å². The minimum Gasteiger partial charge on any atom is -0.474 e. The lowest BCUT2D eigenvalue weighted by atomic mass is 9.88. The molecule has 0 bridgehead atoms. The predicted octanol–water partition coefficient (Wildman–Crippen LogP) is 8.01. The Kier molecular flexibility index (Phi) is 4.40. The Morgan fingerprint density at radius 2 is 1.28 bits per heavy atom. The summed E-state index contributed by atoms with van der Waals surface area (Å²) < 4.78 is 6.77. The van der Waals surface area contributed by atoms with E-state index in [1.807, 2.05) is 6.07 Å². The zero-order valence-corrected chi connectivity index (χ0v) is 17.6. The Hall–Kier alpha value is -4.10. The Bertz CT molecular complexity index is 1490. The van der Waals surface area contributed by atoms with E-state index < -0.39 is 5.60 Å². The number of ether oxygens (including phenoxy) is 1. The molecule has 1 heterocycles. The molecule has 1 unspecified atom stereocenters. The fourth-order valence-electron chi connectivity index (χ4n) is 4.61. The molecule has 5 aromatic rings. The SMILES string of the molecule is C1=CC(/C=C/c2cccc3ccccc23)(c2ccccc2)Oc2ccc3ccccc3c21. The van der Waals surface area contributed by atoms with Gasteiger partial charge in [0.15, 0.2) is 5.60 Å². The Morgan fingerprint density at radius 1 is 0.594 bits per heavy atom. The topological polar surface area (TPSA) is 9.23 Å². The van der Waals surface area contributed by atoms with Crippen LogP contribution in [0.5, 0.6) is 5.75 Å². The van der Waals surface area contributed by atoms with Gasteiger partial charge in [0, 0.05) is 11.1 Å². The zero-order chi connectivity index (χ0) is 21.4. The first-order valence-electron chi connectivity index (χ1n) is 10.9. The second kappa shape index (κ2) is 7.55. The predicted molar refractivity (Wildman–Crippen MR) is 135 cm³/mol. The summed E-state index contributed by atoms with van der Waals surface area (Å²) in [6, 6.07) is 38.0. The molecule has 5 aromatic carbocycles. The minimum absolute atomic E-state index is 0.673. The molecule has 1 heteroatoms. The first-order chi connectivity index (χ1) is 15.8. The maximum absolute atomic E-state index is 6.77. The summed E-state index contributed by atoms with van der Waals surface area (Å²) in [5.41, 5.74) is 2.74. The van der Waals surface area contributed by atoms with Gasteiger partial charge in [-0.25, -0.2) is 0 Å². The van der Waals surface area contributed by atoms with Crippen molar-refractivity contribution < 1.29 is 4.74 Å². The van der Waals surface area contributed by atoms with Crippen molar-refractivity contribution in [2.45, 2.75) is 5.60 Å². The fourth-order valence-corrected chi connectivity index (χ4v) is 4.61. The molecular weight excluding hydrogens is 388 g/mol. The Balaban J connectivity index is 1.50. The average molecular weight is 411 g/mol. The van der Waals surface area contributed by atoms with E-state index in [2.05, 4.69) is 127 Å². The summed E-state index contributed by atoms with van der Waals surface area (Å²) in [7, 11) is 0. The second-order valence-corrected chi connectivity index (χ2v) is 8.19. The highest BCUT2D eigenvalue weighted by molar-refractivity contribution is 5.94. The van der Waals surface area contributed by atoms with Crippen LogP contribution in [0.4, 0.5) is 0 Å². The van der Waals surface area contributed by atoms with E-state index in [0.717, 1.165) is 16.9 Å². The van der Waals surface area contributed by atoms with E-state index in [9.17, 15) is 0 Å². The number of benzene rings is 5. The number of hydrogen-bond acceptors (Lipinski definition) is 1. The van der Waals surface area contributed by atoms with Crippen molar-refractivity contribution >= 4 is 33.7 Å². The van der Waals surface area contributed by atoms with Gasteiger partial charge in [-0.2, -0.15) is 0 Å². The number of hydrogen-bond donors (Lipinski definition) is 0. The van der Waals surface area contributed by atoms with Crippen LogP contribution >= 0.6 is 0 Å². The smallest absolute Gasteiger partial charge is 0.171 e. The quantitative estimate of drug-likeness (QED) is 0.293. The average Bonchev–Trinajstić information content (AvgIpc) is 2.87. The molecule has 0 radical (unpaired) electrons. The largest absolute Gasteiger partial charge is 0.474 e. The zero-order valence-electron chi connectivity index (χ0n) is 17.6. The van der Waals surface area contributed by atoms with Crippen LogP contribution in [0.3, 0.4) is 0 Å². The molecule has 0 saturated carbocycles. The Labute approximate surface area is 187 Å². The molecule has 0 fully saturated rings. The first kappa shape index (κ1) is 18.7. The fraction of sp³-hybridized carbons (Fsp3) is 0.0323. The van der Waals surface area contributed by atoms with Gasteiger partial charge in [-0.15, -0.1) is 0 Å². The molecule has 1 nitrogen and oxygen atoms in total. The van der Waals surface area contributed by atoms with Gasteiger partial charge >= 0.3 is 0 Å². The number of fused-ring (bicyclic) bond motifs is 4. The van der Waals surface area contributed by atoms with E-state index in [1.54, 1.807) is 0 Å². The number of rotatable bonds is 3. The van der Waals surface area contributed by atoms with E-state index >= 15 is 0 Å². The van der Waals surface area contributed by atoms with Crippen molar-refractivity contribution in [1.29, 1.82) is 0 Å². The van der Waals surface area contributed by atoms with Crippen LogP contribution in [0.15, 0.2) is 121 Å². The van der Waals surface area contributed by atoms with Crippen LogP contribution in [0.1, 0.15) is 16.7 Å². The van der Waals surface area contributed by atoms with Gasteiger partial charge in [0.25, 0.3) is 0 Å². The van der Waals surface area contributed by atoms with Crippen LogP contribution in [0.2, 0.25) is 0 Å². The van der Waals surface area contributed by atoms with Gasteiger partial charge in [-0.1, -0.05) is 109 Å². The van der Waals surface area contributed by atoms with Crippen molar-refractivity contribution in [3.8, 4) is 5.75 Å². The molecule has 0 aromatic heterocycles. The van der Waals surface area contributed by atoms with Crippen molar-refractivity contribution in [2.24, 2.45) is 0 Å². The van der Waals surface area contributed by atoms with Gasteiger partial charge in [-0.05, 0) is 51.4 Å². The molecule has 1 aliphatic heterocycles. The van der Waals surface area contributed by atoms with Crippen LogP contribution in [-0.2, 0) is 5.60 Å². The normalized spacial score (nSPS) is 17.5. The summed E-state index contributed by atoms with van der Waals surface area (Å²) in [6.07, 6.45) is 8.75. The molecule has 0 N–H and O–H groups in total. The van der Waals surface area contributed by atoms with Crippen molar-refractivity contribution in [3.05, 3.63) is 138 Å². The lowest BCUT2D eigenvalue weighted by molar-refractivity contribution is 0.171. The maximum Gasteiger partial charge on any atom is 0.171 e. The molecule has 6 rings (SSSR count). The first-order valence-corrected chi connectivity index (χ1v) is 10.9. The summed E-state index contributed by atoms with van der Waals surface area (Å²) in [4.78, 5) is 0. The third kappa shape index (κ3) is 3.11. The molecule has 0 aliphatic carbocycles. The summed E-state index contributed by atoms with van der Waals surface area (Å²) >= 11 is 0. The highest BCUT2D eigenvalue weighted by Crippen LogP contribution is 2.41. The highest BCUT2D eigenvalue weighted by Gasteiger charge is 2.32. The van der Waals surface area contributed by atoms with Crippen molar-refractivity contribution in [1.82, 2.24) is 0 Å². The molecule has 1 aliphatic rings. The van der Waals surface area contributed by atoms with Crippen LogP contribution in [0, 0.1) is 0 Å². The molecule has 0 saturated heterocycles. The van der Waals surface area contributed by atoms with Crippen molar-refractivity contribution in [2.75, 3.05) is 0 Å². The lowest BCUT2D eigenvalue weighted by Crippen LogP contribution is -2.30. The van der Waals surface area contributed by atoms with E-state index in [4.69, 9.17) is 4.74 Å². The molecule has 1 atom stereocenters. The monoisotopic (exact) mass is 410 g/mol. The second-order valence-electron chi connectivity index (χ2n) is 8.19. The standard InChI is InChI=1S/C31H22O/c1-2-13-26(14-3-1)31(21-19-25-12-8-11-23-9-4-6-15-27(23)25)22-20-29-28-16-7-5-10-24(28)17-18-30(29)32-31/h1-22H/b21-19+. The van der Waals surface area contributed by atoms with Gasteiger partial charge < -0.3 is 4.74 Å². The van der Waals surface area contributed by atoms with Crippen molar-refractivity contribution in [3.63, 3.8) is 0 Å². The summed E-state index contributed by atoms with van der Waals surface area (Å²) in [6.45, 7) is 0. The van der Waals surface area contributed by atoms with Crippen LogP contribution in [0.25, 0.3) is 33.7 Å². The van der Waals surface area contributed by atoms with Gasteiger partial charge in [0.1, 0.15) is 5.75 Å². The van der Waals surface area contributed by atoms with E-state index in [-0.39, 0.29) is 0 Å². The molecule has 0 spiro atoms. The van der Waals surface area contributed by atoms with Crippen LogP contribution < -0.4 is 4.74 Å². The van der Waals surface area contributed by atoms with Crippen LogP contribution in [-0.4, -0.2) is 0 Å². The van der Waals surface area contributed by atoms with E-state index in [0.29, 0.717) is 0 Å². The van der Waals surface area contributed by atoms with Gasteiger partial charge in [-0.3, -0.25) is 0 Å². The minimum atomic E-state index is -0.673. The molecule has 0 amide bonds. The third-order valence-corrected chi connectivity index (χ3v) is 6.27. The third-order valence-electron chi connectivity index (χ3n) is 6.27. The summed E-state index contributed by atoms with van der Waals surface area (Å²) in [5, 5.41) is 4.90. The molecule has 152 valence electrons. The maximum atomic E-state index is 6.77. The van der Waals surface area contributed by atoms with Gasteiger partial charge in [0.05, 0.1) is 0 Å². The molecular formula is C31H22O.